The number of carboxylic acids is 1. The van der Waals surface area contributed by atoms with Crippen LogP contribution in [0.15, 0.2) is 18.2 Å². The Morgan fingerprint density at radius 1 is 1.47 bits per heavy atom. The van der Waals surface area contributed by atoms with E-state index in [0.29, 0.717) is 0 Å². The molecule has 6 heteroatoms. The second kappa shape index (κ2) is 4.40. The number of carboxylic acid groups (broad SMARTS) is 1. The molecule has 0 heterocycles. The van der Waals surface area contributed by atoms with Crippen molar-refractivity contribution < 1.29 is 19.9 Å². The number of non-ortho nitro benzene ring substituents is 1. The number of carbonyl (C=O) groups is 1. The summed E-state index contributed by atoms with van der Waals surface area (Å²) >= 11 is 0. The molecule has 1 aromatic carbocycles. The highest BCUT2D eigenvalue weighted by Crippen LogP contribution is 2.30. The Bertz CT molecular complexity index is 467. The van der Waals surface area contributed by atoms with E-state index in [1.807, 2.05) is 0 Å². The minimum absolute atomic E-state index is 0.0237. The second-order valence-electron chi connectivity index (χ2n) is 4.44. The maximum absolute atomic E-state index is 10.9. The third-order valence-electron chi connectivity index (χ3n) is 2.49. The van der Waals surface area contributed by atoms with E-state index in [-0.39, 0.29) is 23.4 Å². The Kier molecular flexibility index (Phi) is 3.36. The number of hydrogen-bond donors (Lipinski definition) is 2. The zero-order chi connectivity index (χ0) is 13.2. The molecule has 6 nitrogen and oxygen atoms in total. The number of phenols is 1. The molecular formula is C11H13NO5. The van der Waals surface area contributed by atoms with Crippen LogP contribution >= 0.6 is 0 Å². The summed E-state index contributed by atoms with van der Waals surface area (Å²) in [4.78, 5) is 20.9. The van der Waals surface area contributed by atoms with Crippen molar-refractivity contribution in [2.45, 2.75) is 20.3 Å². The molecule has 0 fully saturated rings. The Balaban J connectivity index is 3.10. The van der Waals surface area contributed by atoms with Gasteiger partial charge in [-0.15, -0.1) is 0 Å². The van der Waals surface area contributed by atoms with Gasteiger partial charge in [-0.1, -0.05) is 0 Å². The van der Waals surface area contributed by atoms with E-state index in [2.05, 4.69) is 0 Å². The summed E-state index contributed by atoms with van der Waals surface area (Å²) in [6, 6.07) is 3.57. The fourth-order valence-corrected chi connectivity index (χ4v) is 1.38. The summed E-state index contributed by atoms with van der Waals surface area (Å²) in [7, 11) is 0. The first-order valence-corrected chi connectivity index (χ1v) is 4.94. The predicted molar refractivity (Wildman–Crippen MR) is 59.9 cm³/mol. The number of nitro benzene ring substituents is 1. The lowest BCUT2D eigenvalue weighted by atomic mass is 9.85. The first kappa shape index (κ1) is 13.0. The highest BCUT2D eigenvalue weighted by molar-refractivity contribution is 5.74. The molecule has 0 spiro atoms. The van der Waals surface area contributed by atoms with Gasteiger partial charge in [0.2, 0.25) is 0 Å². The standard InChI is InChI=1S/C11H13NO5/c1-11(2,10(14)15)6-7-5-8(12(16)17)3-4-9(7)13/h3-5,13H,6H2,1-2H3,(H,14,15). The molecule has 92 valence electrons. The molecule has 0 aromatic heterocycles. The second-order valence-corrected chi connectivity index (χ2v) is 4.44. The monoisotopic (exact) mass is 239 g/mol. The summed E-state index contributed by atoms with van der Waals surface area (Å²) in [6.07, 6.45) is 0.0237. The van der Waals surface area contributed by atoms with Crippen LogP contribution in [0.25, 0.3) is 0 Å². The average Bonchev–Trinajstić information content (AvgIpc) is 2.20. The van der Waals surface area contributed by atoms with E-state index in [9.17, 15) is 20.0 Å². The van der Waals surface area contributed by atoms with Gasteiger partial charge in [0.05, 0.1) is 10.3 Å². The van der Waals surface area contributed by atoms with Crippen LogP contribution < -0.4 is 0 Å². The molecule has 2 N–H and O–H groups in total. The maximum Gasteiger partial charge on any atom is 0.309 e. The van der Waals surface area contributed by atoms with E-state index in [4.69, 9.17) is 5.11 Å². The van der Waals surface area contributed by atoms with Crippen molar-refractivity contribution in [2.24, 2.45) is 5.41 Å². The van der Waals surface area contributed by atoms with Crippen LogP contribution in [0.3, 0.4) is 0 Å². The molecule has 17 heavy (non-hydrogen) atoms. The van der Waals surface area contributed by atoms with Gasteiger partial charge in [-0.25, -0.2) is 0 Å². The van der Waals surface area contributed by atoms with Gasteiger partial charge in [0.15, 0.2) is 0 Å². The highest BCUT2D eigenvalue weighted by atomic mass is 16.6. The molecule has 0 radical (unpaired) electrons. The number of nitrogens with zero attached hydrogens (tertiary/aromatic N) is 1. The number of aliphatic carboxylic acids is 1. The minimum Gasteiger partial charge on any atom is -0.508 e. The Morgan fingerprint density at radius 2 is 2.06 bits per heavy atom. The van der Waals surface area contributed by atoms with Crippen LogP contribution in [-0.2, 0) is 11.2 Å². The number of rotatable bonds is 4. The number of phenolic OH excluding ortho intramolecular Hbond substituents is 1. The summed E-state index contributed by atoms with van der Waals surface area (Å²) in [5, 5.41) is 29.1. The van der Waals surface area contributed by atoms with E-state index < -0.39 is 16.3 Å². The molecule has 1 rings (SSSR count). The number of aromatic hydroxyl groups is 1. The van der Waals surface area contributed by atoms with Gasteiger partial charge in [0.1, 0.15) is 5.75 Å². The topological polar surface area (TPSA) is 101 Å². The van der Waals surface area contributed by atoms with Crippen molar-refractivity contribution in [1.29, 1.82) is 0 Å². The molecule has 0 saturated carbocycles. The fraction of sp³-hybridized carbons (Fsp3) is 0.364. The van der Waals surface area contributed by atoms with Crippen LogP contribution in [0.1, 0.15) is 19.4 Å². The summed E-state index contributed by atoms with van der Waals surface area (Å²) in [5.74, 6) is -1.16. The van der Waals surface area contributed by atoms with Crippen LogP contribution in [0.5, 0.6) is 5.75 Å². The van der Waals surface area contributed by atoms with Crippen molar-refractivity contribution in [3.05, 3.63) is 33.9 Å². The van der Waals surface area contributed by atoms with Crippen molar-refractivity contribution in [1.82, 2.24) is 0 Å². The van der Waals surface area contributed by atoms with E-state index in [1.54, 1.807) is 0 Å². The van der Waals surface area contributed by atoms with E-state index in [0.717, 1.165) is 0 Å². The largest absolute Gasteiger partial charge is 0.508 e. The van der Waals surface area contributed by atoms with Gasteiger partial charge in [0.25, 0.3) is 5.69 Å². The summed E-state index contributed by atoms with van der Waals surface area (Å²) in [6.45, 7) is 2.99. The smallest absolute Gasteiger partial charge is 0.309 e. The molecular weight excluding hydrogens is 226 g/mol. The molecule has 0 amide bonds. The fourth-order valence-electron chi connectivity index (χ4n) is 1.38. The van der Waals surface area contributed by atoms with Crippen molar-refractivity contribution >= 4 is 11.7 Å². The van der Waals surface area contributed by atoms with Gasteiger partial charge in [-0.3, -0.25) is 14.9 Å². The zero-order valence-electron chi connectivity index (χ0n) is 9.51. The van der Waals surface area contributed by atoms with Gasteiger partial charge in [-0.05, 0) is 26.3 Å². The maximum atomic E-state index is 10.9. The SMILES string of the molecule is CC(C)(Cc1cc([N+](=O)[O-])ccc1O)C(=O)O. The van der Waals surface area contributed by atoms with Gasteiger partial charge in [-0.2, -0.15) is 0 Å². The zero-order valence-corrected chi connectivity index (χ0v) is 9.51. The molecule has 0 unspecified atom stereocenters. The molecule has 0 atom stereocenters. The molecule has 0 aliphatic carbocycles. The average molecular weight is 239 g/mol. The van der Waals surface area contributed by atoms with E-state index in [1.165, 1.54) is 32.0 Å². The molecule has 0 saturated heterocycles. The van der Waals surface area contributed by atoms with Gasteiger partial charge in [0, 0.05) is 17.7 Å². The minimum atomic E-state index is -1.09. The van der Waals surface area contributed by atoms with Crippen LogP contribution in [0, 0.1) is 15.5 Å². The van der Waals surface area contributed by atoms with Crippen LogP contribution in [0.4, 0.5) is 5.69 Å². The quantitative estimate of drug-likeness (QED) is 0.617. The number of benzene rings is 1. The Hall–Kier alpha value is -2.11. The van der Waals surface area contributed by atoms with E-state index >= 15 is 0 Å². The predicted octanol–water partition coefficient (Wildman–Crippen LogP) is 1.95. The highest BCUT2D eigenvalue weighted by Gasteiger charge is 2.29. The van der Waals surface area contributed by atoms with Gasteiger partial charge < -0.3 is 10.2 Å². The van der Waals surface area contributed by atoms with Gasteiger partial charge >= 0.3 is 5.97 Å². The normalized spacial score (nSPS) is 11.2. The van der Waals surface area contributed by atoms with Crippen molar-refractivity contribution in [2.75, 3.05) is 0 Å². The molecule has 0 bridgehead atoms. The molecule has 0 aliphatic heterocycles. The van der Waals surface area contributed by atoms with Crippen molar-refractivity contribution in [3.8, 4) is 5.75 Å². The lowest BCUT2D eigenvalue weighted by Gasteiger charge is -2.19. The van der Waals surface area contributed by atoms with Crippen LogP contribution in [0.2, 0.25) is 0 Å². The summed E-state index contributed by atoms with van der Waals surface area (Å²) < 4.78 is 0. The Morgan fingerprint density at radius 3 is 2.53 bits per heavy atom. The first-order chi connectivity index (χ1) is 7.74. The molecule has 1 aromatic rings. The summed E-state index contributed by atoms with van der Waals surface area (Å²) in [5.41, 5.74) is -1.00. The third kappa shape index (κ3) is 2.93. The van der Waals surface area contributed by atoms with Crippen molar-refractivity contribution in [3.63, 3.8) is 0 Å². The lowest BCUT2D eigenvalue weighted by Crippen LogP contribution is -2.26. The lowest BCUT2D eigenvalue weighted by molar-refractivity contribution is -0.384. The third-order valence-corrected chi connectivity index (χ3v) is 2.49. The number of hydrogen-bond acceptors (Lipinski definition) is 4. The molecule has 0 aliphatic rings. The Labute approximate surface area is 97.7 Å². The first-order valence-electron chi connectivity index (χ1n) is 4.94. The number of nitro groups is 1. The van der Waals surface area contributed by atoms with Crippen LogP contribution in [-0.4, -0.2) is 21.1 Å².